The molecule has 1 amide bonds. The van der Waals surface area contributed by atoms with E-state index in [2.05, 4.69) is 4.98 Å². The van der Waals surface area contributed by atoms with Crippen LogP contribution in [0.1, 0.15) is 12.5 Å². The van der Waals surface area contributed by atoms with Gasteiger partial charge in [0.05, 0.1) is 16.3 Å². The monoisotopic (exact) mass is 468 g/mol. The predicted octanol–water partition coefficient (Wildman–Crippen LogP) is 6.59. The van der Waals surface area contributed by atoms with E-state index in [0.717, 1.165) is 28.1 Å². The van der Waals surface area contributed by atoms with E-state index in [1.807, 2.05) is 97.2 Å². The van der Waals surface area contributed by atoms with E-state index < -0.39 is 0 Å². The molecule has 2 N–H and O–H groups in total. The standard InChI is InChI=1S/C26H20N4OS2/c1-17(19-11-8-12-20(27)15-19)23-24(31)30(21-13-6-3-7-14-21)26(33-23)29-25-28-22(16-32-25)18-9-4-2-5-10-18/h2-16H,27H2,1H3/b23-17-,29-26+. The molecule has 0 radical (unpaired) electrons. The van der Waals surface area contributed by atoms with Gasteiger partial charge in [-0.2, -0.15) is 4.99 Å². The molecule has 3 aromatic carbocycles. The van der Waals surface area contributed by atoms with Crippen LogP contribution in [0.2, 0.25) is 0 Å². The van der Waals surface area contributed by atoms with Crippen molar-refractivity contribution in [1.29, 1.82) is 0 Å². The van der Waals surface area contributed by atoms with Gasteiger partial charge in [0.2, 0.25) is 5.13 Å². The van der Waals surface area contributed by atoms with Crippen molar-refractivity contribution in [3.8, 4) is 11.3 Å². The van der Waals surface area contributed by atoms with Crippen LogP contribution in [0.15, 0.2) is 100 Å². The number of amides is 1. The van der Waals surface area contributed by atoms with Crippen LogP contribution >= 0.6 is 23.1 Å². The van der Waals surface area contributed by atoms with Crippen LogP contribution in [0.3, 0.4) is 0 Å². The lowest BCUT2D eigenvalue weighted by Crippen LogP contribution is -2.28. The molecule has 0 saturated carbocycles. The first kappa shape index (κ1) is 21.2. The molecular formula is C26H20N4OS2. The second-order valence-electron chi connectivity index (χ2n) is 7.43. The van der Waals surface area contributed by atoms with E-state index in [4.69, 9.17) is 10.7 Å². The Kier molecular flexibility index (Phi) is 5.81. The Hall–Kier alpha value is -3.68. The predicted molar refractivity (Wildman–Crippen MR) is 140 cm³/mol. The van der Waals surface area contributed by atoms with Gasteiger partial charge in [-0.15, -0.1) is 11.3 Å². The van der Waals surface area contributed by atoms with Crippen LogP contribution in [0.4, 0.5) is 16.5 Å². The lowest BCUT2D eigenvalue weighted by molar-refractivity contribution is -0.113. The normalized spacial score (nSPS) is 16.5. The molecule has 1 aliphatic rings. The van der Waals surface area contributed by atoms with Gasteiger partial charge in [0.25, 0.3) is 5.91 Å². The summed E-state index contributed by atoms with van der Waals surface area (Å²) in [7, 11) is 0. The Bertz CT molecular complexity index is 1380. The zero-order valence-corrected chi connectivity index (χ0v) is 19.4. The Morgan fingerprint density at radius 1 is 0.970 bits per heavy atom. The second kappa shape index (κ2) is 9.05. The van der Waals surface area contributed by atoms with Crippen LogP contribution in [0, 0.1) is 0 Å². The van der Waals surface area contributed by atoms with Crippen LogP contribution in [-0.2, 0) is 4.79 Å². The highest BCUT2D eigenvalue weighted by molar-refractivity contribution is 8.19. The molecule has 0 aliphatic carbocycles. The number of amidine groups is 1. The summed E-state index contributed by atoms with van der Waals surface area (Å²) in [6.07, 6.45) is 0. The first-order valence-corrected chi connectivity index (χ1v) is 12.0. The topological polar surface area (TPSA) is 71.6 Å². The quantitative estimate of drug-likeness (QED) is 0.271. The molecule has 1 saturated heterocycles. The minimum absolute atomic E-state index is 0.107. The van der Waals surface area contributed by atoms with E-state index >= 15 is 0 Å². The fourth-order valence-corrected chi connectivity index (χ4v) is 5.32. The minimum Gasteiger partial charge on any atom is -0.399 e. The highest BCUT2D eigenvalue weighted by Crippen LogP contribution is 2.41. The van der Waals surface area contributed by atoms with Gasteiger partial charge in [-0.1, -0.05) is 60.7 Å². The van der Waals surface area contributed by atoms with Crippen molar-refractivity contribution in [1.82, 2.24) is 4.98 Å². The maximum atomic E-state index is 13.6. The second-order valence-corrected chi connectivity index (χ2v) is 9.25. The number of nitrogens with two attached hydrogens (primary N) is 1. The fraction of sp³-hybridized carbons (Fsp3) is 0.0385. The molecule has 0 unspecified atom stereocenters. The molecule has 5 rings (SSSR count). The van der Waals surface area contributed by atoms with E-state index in [1.54, 1.807) is 4.90 Å². The summed E-state index contributed by atoms with van der Waals surface area (Å²) in [5.41, 5.74) is 11.1. The molecule has 0 spiro atoms. The lowest BCUT2D eigenvalue weighted by atomic mass is 10.1. The first-order valence-electron chi connectivity index (χ1n) is 10.3. The van der Waals surface area contributed by atoms with Gasteiger partial charge in [0.15, 0.2) is 5.17 Å². The Morgan fingerprint density at radius 2 is 1.70 bits per heavy atom. The zero-order chi connectivity index (χ0) is 22.8. The number of allylic oxidation sites excluding steroid dienone is 1. The summed E-state index contributed by atoms with van der Waals surface area (Å²) in [6.45, 7) is 1.94. The summed E-state index contributed by atoms with van der Waals surface area (Å²) in [5, 5.41) is 3.17. The largest absolute Gasteiger partial charge is 0.399 e. The van der Waals surface area contributed by atoms with Crippen molar-refractivity contribution < 1.29 is 4.79 Å². The third kappa shape index (κ3) is 4.33. The smallest absolute Gasteiger partial charge is 0.271 e. The van der Waals surface area contributed by atoms with Crippen LogP contribution in [0.5, 0.6) is 0 Å². The van der Waals surface area contributed by atoms with Crippen LogP contribution in [0.25, 0.3) is 16.8 Å². The number of aliphatic imine (C=N–C) groups is 1. The van der Waals surface area contributed by atoms with Gasteiger partial charge >= 0.3 is 0 Å². The van der Waals surface area contributed by atoms with Crippen molar-refractivity contribution in [2.45, 2.75) is 6.92 Å². The number of thioether (sulfide) groups is 1. The number of aromatic nitrogens is 1. The van der Waals surface area contributed by atoms with E-state index in [9.17, 15) is 4.79 Å². The van der Waals surface area contributed by atoms with Crippen LogP contribution < -0.4 is 10.6 Å². The van der Waals surface area contributed by atoms with Crippen LogP contribution in [-0.4, -0.2) is 16.1 Å². The Morgan fingerprint density at radius 3 is 2.42 bits per heavy atom. The number of carbonyl (C=O) groups excluding carboxylic acids is 1. The number of hydrogen-bond donors (Lipinski definition) is 1. The maximum Gasteiger partial charge on any atom is 0.271 e. The van der Waals surface area contributed by atoms with Gasteiger partial charge in [0, 0.05) is 16.6 Å². The highest BCUT2D eigenvalue weighted by atomic mass is 32.2. The molecule has 2 heterocycles. The molecule has 5 nitrogen and oxygen atoms in total. The van der Waals surface area contributed by atoms with Crippen molar-refractivity contribution in [2.24, 2.45) is 4.99 Å². The van der Waals surface area contributed by atoms with E-state index in [0.29, 0.717) is 20.9 Å². The fourth-order valence-electron chi connectivity index (χ4n) is 3.53. The van der Waals surface area contributed by atoms with Gasteiger partial charge < -0.3 is 5.73 Å². The number of anilines is 2. The molecule has 1 aliphatic heterocycles. The van der Waals surface area contributed by atoms with Crippen molar-refractivity contribution in [3.63, 3.8) is 0 Å². The van der Waals surface area contributed by atoms with Gasteiger partial charge in [-0.3, -0.25) is 9.69 Å². The third-order valence-electron chi connectivity index (χ3n) is 5.21. The molecule has 7 heteroatoms. The average molecular weight is 469 g/mol. The summed E-state index contributed by atoms with van der Waals surface area (Å²) < 4.78 is 0. The number of carbonyl (C=O) groups is 1. The zero-order valence-electron chi connectivity index (χ0n) is 17.8. The van der Waals surface area contributed by atoms with Gasteiger partial charge in [-0.25, -0.2) is 4.98 Å². The van der Waals surface area contributed by atoms with Gasteiger partial charge in [-0.05, 0) is 54.1 Å². The lowest BCUT2D eigenvalue weighted by Gasteiger charge is -2.15. The summed E-state index contributed by atoms with van der Waals surface area (Å²) >= 11 is 2.82. The molecule has 33 heavy (non-hydrogen) atoms. The molecule has 4 aromatic rings. The number of nitrogens with zero attached hydrogens (tertiary/aromatic N) is 3. The summed E-state index contributed by atoms with van der Waals surface area (Å²) in [4.78, 5) is 25.3. The molecule has 0 atom stereocenters. The van der Waals surface area contributed by atoms with E-state index in [-0.39, 0.29) is 5.91 Å². The van der Waals surface area contributed by atoms with E-state index in [1.165, 1.54) is 23.1 Å². The number of thiazole rings is 1. The Balaban J connectivity index is 1.57. The number of benzene rings is 3. The maximum absolute atomic E-state index is 13.6. The summed E-state index contributed by atoms with van der Waals surface area (Å²) in [6, 6.07) is 27.1. The van der Waals surface area contributed by atoms with Crippen molar-refractivity contribution >= 4 is 56.3 Å². The number of nitrogen functional groups attached to an aromatic ring is 1. The van der Waals surface area contributed by atoms with Crippen molar-refractivity contribution in [3.05, 3.63) is 101 Å². The minimum atomic E-state index is -0.107. The third-order valence-corrected chi connectivity index (χ3v) is 7.09. The molecule has 1 aromatic heterocycles. The average Bonchev–Trinajstić information content (AvgIpc) is 3.44. The molecular weight excluding hydrogens is 448 g/mol. The number of hydrogen-bond acceptors (Lipinski definition) is 6. The van der Waals surface area contributed by atoms with Crippen molar-refractivity contribution in [2.75, 3.05) is 10.6 Å². The Labute approximate surface area is 200 Å². The first-order chi connectivity index (χ1) is 16.1. The number of rotatable bonds is 4. The highest BCUT2D eigenvalue weighted by Gasteiger charge is 2.36. The molecule has 162 valence electrons. The number of para-hydroxylation sites is 1. The molecule has 0 bridgehead atoms. The summed E-state index contributed by atoms with van der Waals surface area (Å²) in [5.74, 6) is -0.107. The SMILES string of the molecule is C/C(=C1/S/C(=N/c2nc(-c3ccccc3)cs2)N(c2ccccc2)C1=O)c1cccc(N)c1. The van der Waals surface area contributed by atoms with Gasteiger partial charge in [0.1, 0.15) is 0 Å². The molecule has 1 fully saturated rings.